The van der Waals surface area contributed by atoms with E-state index in [1.807, 2.05) is 29.5 Å². The van der Waals surface area contributed by atoms with Crippen molar-refractivity contribution < 1.29 is 5.11 Å². The number of hydrogen-bond acceptors (Lipinski definition) is 3. The van der Waals surface area contributed by atoms with E-state index in [4.69, 9.17) is 0 Å². The van der Waals surface area contributed by atoms with Crippen LogP contribution in [0.5, 0.6) is 5.75 Å². The molecule has 3 rings (SSSR count). The Balaban J connectivity index is 1.71. The summed E-state index contributed by atoms with van der Waals surface area (Å²) in [6.07, 6.45) is 3.67. The van der Waals surface area contributed by atoms with Gasteiger partial charge in [0.1, 0.15) is 5.75 Å². The van der Waals surface area contributed by atoms with Crippen molar-refractivity contribution in [3.05, 3.63) is 51.7 Å². The van der Waals surface area contributed by atoms with Gasteiger partial charge in [0.15, 0.2) is 0 Å². The number of hydrogen-bond donors (Lipinski definition) is 2. The molecule has 0 amide bonds. The van der Waals surface area contributed by atoms with Crippen LogP contribution in [-0.2, 0) is 13.0 Å². The summed E-state index contributed by atoms with van der Waals surface area (Å²) in [5, 5.41) is 15.5. The lowest BCUT2D eigenvalue weighted by Crippen LogP contribution is -2.23. The molecule has 1 unspecified atom stereocenters. The zero-order chi connectivity index (χ0) is 12.4. The van der Waals surface area contributed by atoms with Gasteiger partial charge in [0.25, 0.3) is 0 Å². The first-order valence-electron chi connectivity index (χ1n) is 6.41. The number of thiophene rings is 1. The maximum absolute atomic E-state index is 9.76. The molecule has 0 saturated carbocycles. The minimum atomic E-state index is 0.381. The summed E-state index contributed by atoms with van der Waals surface area (Å²) >= 11 is 1.86. The van der Waals surface area contributed by atoms with Gasteiger partial charge in [-0.25, -0.2) is 0 Å². The van der Waals surface area contributed by atoms with Crippen LogP contribution in [0, 0.1) is 0 Å². The van der Waals surface area contributed by atoms with E-state index in [-0.39, 0.29) is 0 Å². The van der Waals surface area contributed by atoms with Crippen LogP contribution in [0.2, 0.25) is 0 Å². The number of nitrogens with one attached hydrogen (secondary N) is 1. The van der Waals surface area contributed by atoms with E-state index in [0.29, 0.717) is 11.8 Å². The highest BCUT2D eigenvalue weighted by Gasteiger charge is 2.20. The van der Waals surface area contributed by atoms with E-state index in [1.54, 1.807) is 6.07 Å². The molecule has 94 valence electrons. The lowest BCUT2D eigenvalue weighted by atomic mass is 9.94. The summed E-state index contributed by atoms with van der Waals surface area (Å²) < 4.78 is 0. The number of aryl methyl sites for hydroxylation is 1. The van der Waals surface area contributed by atoms with Gasteiger partial charge in [0, 0.05) is 23.0 Å². The molecule has 2 aromatic rings. The third-order valence-corrected chi connectivity index (χ3v) is 4.58. The molecule has 1 heterocycles. The van der Waals surface area contributed by atoms with Crippen LogP contribution in [0.1, 0.15) is 34.9 Å². The summed E-state index contributed by atoms with van der Waals surface area (Å²) in [5.41, 5.74) is 2.43. The number of aromatic hydroxyl groups is 1. The molecular formula is C15H17NOS. The van der Waals surface area contributed by atoms with E-state index >= 15 is 0 Å². The van der Waals surface area contributed by atoms with Crippen molar-refractivity contribution in [3.8, 4) is 5.75 Å². The molecule has 1 atom stereocenters. The van der Waals surface area contributed by atoms with Gasteiger partial charge in [-0.2, -0.15) is 0 Å². The molecule has 3 heteroatoms. The summed E-state index contributed by atoms with van der Waals surface area (Å²) in [4.78, 5) is 1.52. The van der Waals surface area contributed by atoms with Gasteiger partial charge < -0.3 is 10.4 Å². The number of para-hydroxylation sites is 1. The van der Waals surface area contributed by atoms with Gasteiger partial charge >= 0.3 is 0 Å². The molecule has 2 nitrogen and oxygen atoms in total. The predicted octanol–water partition coefficient (Wildman–Crippen LogP) is 3.62. The van der Waals surface area contributed by atoms with Crippen LogP contribution in [0.4, 0.5) is 0 Å². The minimum absolute atomic E-state index is 0.381. The molecule has 1 aromatic heterocycles. The average molecular weight is 259 g/mol. The Morgan fingerprint density at radius 2 is 2.17 bits per heavy atom. The fourth-order valence-electron chi connectivity index (χ4n) is 2.59. The highest BCUT2D eigenvalue weighted by Crippen LogP contribution is 2.33. The lowest BCUT2D eigenvalue weighted by molar-refractivity contribution is 0.440. The van der Waals surface area contributed by atoms with Crippen molar-refractivity contribution in [1.82, 2.24) is 5.32 Å². The summed E-state index contributed by atoms with van der Waals surface area (Å²) in [5.74, 6) is 0.381. The Hall–Kier alpha value is -1.32. The van der Waals surface area contributed by atoms with E-state index < -0.39 is 0 Å². The highest BCUT2D eigenvalue weighted by molar-refractivity contribution is 7.10. The molecular weight excluding hydrogens is 242 g/mol. The third kappa shape index (κ3) is 2.28. The Labute approximate surface area is 111 Å². The minimum Gasteiger partial charge on any atom is -0.508 e. The molecule has 1 aromatic carbocycles. The number of benzene rings is 1. The van der Waals surface area contributed by atoms with Crippen molar-refractivity contribution in [3.63, 3.8) is 0 Å². The van der Waals surface area contributed by atoms with Crippen molar-refractivity contribution in [2.24, 2.45) is 0 Å². The van der Waals surface area contributed by atoms with Crippen molar-refractivity contribution in [2.45, 2.75) is 31.8 Å². The third-order valence-electron chi connectivity index (χ3n) is 3.58. The highest BCUT2D eigenvalue weighted by atomic mass is 32.1. The van der Waals surface area contributed by atoms with Crippen molar-refractivity contribution >= 4 is 11.3 Å². The quantitative estimate of drug-likeness (QED) is 0.882. The van der Waals surface area contributed by atoms with Crippen LogP contribution in [-0.4, -0.2) is 5.11 Å². The lowest BCUT2D eigenvalue weighted by Gasteiger charge is -2.24. The van der Waals surface area contributed by atoms with E-state index in [1.165, 1.54) is 29.7 Å². The predicted molar refractivity (Wildman–Crippen MR) is 74.9 cm³/mol. The van der Waals surface area contributed by atoms with Gasteiger partial charge in [0.05, 0.1) is 0 Å². The Morgan fingerprint density at radius 1 is 1.28 bits per heavy atom. The molecule has 0 fully saturated rings. The molecule has 1 aliphatic rings. The molecule has 0 spiro atoms. The first-order valence-corrected chi connectivity index (χ1v) is 7.29. The Bertz CT molecular complexity index is 535. The molecule has 0 aliphatic heterocycles. The average Bonchev–Trinajstić information content (AvgIpc) is 2.86. The monoisotopic (exact) mass is 259 g/mol. The fraction of sp³-hybridized carbons (Fsp3) is 0.333. The van der Waals surface area contributed by atoms with E-state index in [2.05, 4.69) is 16.8 Å². The fourth-order valence-corrected chi connectivity index (χ4v) is 3.58. The van der Waals surface area contributed by atoms with E-state index in [9.17, 15) is 5.11 Å². The number of phenols is 1. The first-order chi connectivity index (χ1) is 8.84. The topological polar surface area (TPSA) is 32.3 Å². The van der Waals surface area contributed by atoms with Crippen molar-refractivity contribution in [2.75, 3.05) is 0 Å². The van der Waals surface area contributed by atoms with Gasteiger partial charge in [0.2, 0.25) is 0 Å². The molecule has 0 radical (unpaired) electrons. The Kier molecular flexibility index (Phi) is 3.35. The summed E-state index contributed by atoms with van der Waals surface area (Å²) in [6.45, 7) is 0.729. The van der Waals surface area contributed by atoms with Crippen LogP contribution in [0.15, 0.2) is 35.7 Å². The molecule has 0 saturated heterocycles. The maximum Gasteiger partial charge on any atom is 0.120 e. The van der Waals surface area contributed by atoms with Crippen LogP contribution in [0.3, 0.4) is 0 Å². The SMILES string of the molecule is Oc1ccccc1CNC1CCCc2sccc21. The Morgan fingerprint density at radius 3 is 3.06 bits per heavy atom. The number of phenolic OH excluding ortho intramolecular Hbond substituents is 1. The van der Waals surface area contributed by atoms with Crippen LogP contribution < -0.4 is 5.32 Å². The summed E-state index contributed by atoms with van der Waals surface area (Å²) in [6, 6.07) is 10.2. The number of rotatable bonds is 3. The van der Waals surface area contributed by atoms with Gasteiger partial charge in [-0.15, -0.1) is 11.3 Å². The van der Waals surface area contributed by atoms with Crippen LogP contribution >= 0.6 is 11.3 Å². The molecule has 0 bridgehead atoms. The summed E-state index contributed by atoms with van der Waals surface area (Å²) in [7, 11) is 0. The zero-order valence-electron chi connectivity index (χ0n) is 10.2. The molecule has 2 N–H and O–H groups in total. The molecule has 18 heavy (non-hydrogen) atoms. The number of fused-ring (bicyclic) bond motifs is 1. The van der Waals surface area contributed by atoms with Gasteiger partial charge in [-0.05, 0) is 42.3 Å². The second-order valence-electron chi connectivity index (χ2n) is 4.75. The second kappa shape index (κ2) is 5.12. The smallest absolute Gasteiger partial charge is 0.120 e. The molecule has 1 aliphatic carbocycles. The second-order valence-corrected chi connectivity index (χ2v) is 5.75. The van der Waals surface area contributed by atoms with Gasteiger partial charge in [-0.3, -0.25) is 0 Å². The van der Waals surface area contributed by atoms with Crippen molar-refractivity contribution in [1.29, 1.82) is 0 Å². The maximum atomic E-state index is 9.76. The van der Waals surface area contributed by atoms with Crippen LogP contribution in [0.25, 0.3) is 0 Å². The zero-order valence-corrected chi connectivity index (χ0v) is 11.0. The standard InChI is InChI=1S/C15H17NOS/c17-14-6-2-1-4-11(14)10-16-13-5-3-7-15-12(13)8-9-18-15/h1-2,4,6,8-9,13,16-17H,3,5,7,10H2. The first kappa shape index (κ1) is 11.8. The van der Waals surface area contributed by atoms with Gasteiger partial charge in [-0.1, -0.05) is 18.2 Å². The van der Waals surface area contributed by atoms with E-state index in [0.717, 1.165) is 12.1 Å². The normalized spacial score (nSPS) is 18.6. The largest absolute Gasteiger partial charge is 0.508 e.